The van der Waals surface area contributed by atoms with Crippen LogP contribution in [0.3, 0.4) is 0 Å². The Hall–Kier alpha value is -0.530. The van der Waals surface area contributed by atoms with Crippen LogP contribution in [0, 0.1) is 29.1 Å². The monoisotopic (exact) mass is 236 g/mol. The van der Waals surface area contributed by atoms with E-state index in [0.717, 1.165) is 42.9 Å². The van der Waals surface area contributed by atoms with Crippen molar-refractivity contribution in [1.82, 2.24) is 0 Å². The highest BCUT2D eigenvalue weighted by Gasteiger charge is 2.56. The number of hydrogen-bond acceptors (Lipinski definition) is 2. The van der Waals surface area contributed by atoms with Gasteiger partial charge in [-0.3, -0.25) is 4.79 Å². The first-order valence-electron chi connectivity index (χ1n) is 7.30. The molecule has 0 spiro atoms. The van der Waals surface area contributed by atoms with Crippen LogP contribution in [-0.2, 0) is 9.53 Å². The summed E-state index contributed by atoms with van der Waals surface area (Å²) in [5.74, 6) is 3.41. The largest absolute Gasteiger partial charge is 0.466 e. The number of carbonyl (C=O) groups is 1. The summed E-state index contributed by atoms with van der Waals surface area (Å²) in [6, 6.07) is 0. The maximum atomic E-state index is 12.3. The van der Waals surface area contributed by atoms with Crippen LogP contribution in [0.15, 0.2) is 0 Å². The van der Waals surface area contributed by atoms with Gasteiger partial charge in [0.1, 0.15) is 0 Å². The molecule has 2 nitrogen and oxygen atoms in total. The Morgan fingerprint density at radius 2 is 1.88 bits per heavy atom. The molecule has 0 N–H and O–H groups in total. The van der Waals surface area contributed by atoms with Crippen molar-refractivity contribution in [3.8, 4) is 0 Å². The second-order valence-electron chi connectivity index (χ2n) is 6.81. The number of ether oxygens (including phenoxy) is 1. The Morgan fingerprint density at radius 1 is 1.18 bits per heavy atom. The molecule has 3 aliphatic carbocycles. The molecular formula is C15H24O2. The third-order valence-electron chi connectivity index (χ3n) is 5.44. The van der Waals surface area contributed by atoms with Crippen molar-refractivity contribution in [2.45, 2.75) is 52.4 Å². The van der Waals surface area contributed by atoms with E-state index in [-0.39, 0.29) is 11.4 Å². The van der Waals surface area contributed by atoms with Gasteiger partial charge in [-0.25, -0.2) is 0 Å². The summed E-state index contributed by atoms with van der Waals surface area (Å²) in [6.07, 6.45) is 7.44. The molecule has 5 atom stereocenters. The van der Waals surface area contributed by atoms with E-state index >= 15 is 0 Å². The van der Waals surface area contributed by atoms with Crippen molar-refractivity contribution >= 4 is 5.97 Å². The minimum absolute atomic E-state index is 0.0750. The average Bonchev–Trinajstić information content (AvgIpc) is 2.45. The van der Waals surface area contributed by atoms with Crippen molar-refractivity contribution < 1.29 is 9.53 Å². The molecule has 0 aromatic rings. The first kappa shape index (κ1) is 11.6. The number of fused-ring (bicyclic) bond motifs is 2. The highest BCUT2D eigenvalue weighted by molar-refractivity contribution is 5.77. The molecule has 3 rings (SSSR count). The van der Waals surface area contributed by atoms with Crippen LogP contribution in [0.4, 0.5) is 0 Å². The summed E-state index contributed by atoms with van der Waals surface area (Å²) in [5.41, 5.74) is -0.0750. The SMILES string of the molecule is CCOC(=O)C12CC3CC(C)CC(C1)C(C3)C2. The molecule has 0 amide bonds. The van der Waals surface area contributed by atoms with Gasteiger partial charge in [0, 0.05) is 0 Å². The van der Waals surface area contributed by atoms with E-state index in [1.807, 2.05) is 6.92 Å². The lowest BCUT2D eigenvalue weighted by Gasteiger charge is -2.36. The van der Waals surface area contributed by atoms with Gasteiger partial charge in [-0.05, 0) is 69.1 Å². The van der Waals surface area contributed by atoms with E-state index in [1.54, 1.807) is 0 Å². The van der Waals surface area contributed by atoms with Crippen molar-refractivity contribution in [2.75, 3.05) is 6.61 Å². The summed E-state index contributed by atoms with van der Waals surface area (Å²) in [4.78, 5) is 12.3. The fraction of sp³-hybridized carbons (Fsp3) is 0.933. The van der Waals surface area contributed by atoms with Crippen LogP contribution in [0.1, 0.15) is 52.4 Å². The van der Waals surface area contributed by atoms with Gasteiger partial charge in [0.25, 0.3) is 0 Å². The Morgan fingerprint density at radius 3 is 2.59 bits per heavy atom. The van der Waals surface area contributed by atoms with Crippen LogP contribution in [0.2, 0.25) is 0 Å². The van der Waals surface area contributed by atoms with Gasteiger partial charge in [0.2, 0.25) is 0 Å². The Labute approximate surface area is 104 Å². The zero-order valence-electron chi connectivity index (χ0n) is 11.1. The highest BCUT2D eigenvalue weighted by atomic mass is 16.5. The lowest BCUT2D eigenvalue weighted by Crippen LogP contribution is -2.36. The first-order chi connectivity index (χ1) is 8.13. The topological polar surface area (TPSA) is 26.3 Å². The quantitative estimate of drug-likeness (QED) is 0.687. The van der Waals surface area contributed by atoms with Crippen LogP contribution in [-0.4, -0.2) is 12.6 Å². The summed E-state index contributed by atoms with van der Waals surface area (Å²) in [6.45, 7) is 4.86. The zero-order valence-corrected chi connectivity index (χ0v) is 11.1. The van der Waals surface area contributed by atoms with Crippen LogP contribution in [0.25, 0.3) is 0 Å². The number of esters is 1. The maximum absolute atomic E-state index is 12.3. The molecule has 0 aromatic heterocycles. The Kier molecular flexibility index (Phi) is 2.72. The van der Waals surface area contributed by atoms with Gasteiger partial charge >= 0.3 is 5.97 Å². The van der Waals surface area contributed by atoms with Crippen LogP contribution < -0.4 is 0 Å². The first-order valence-corrected chi connectivity index (χ1v) is 7.30. The van der Waals surface area contributed by atoms with E-state index < -0.39 is 0 Å². The molecule has 0 aliphatic heterocycles. The molecule has 96 valence electrons. The van der Waals surface area contributed by atoms with Crippen LogP contribution in [0.5, 0.6) is 0 Å². The molecule has 2 heteroatoms. The van der Waals surface area contributed by atoms with Crippen molar-refractivity contribution in [3.05, 3.63) is 0 Å². The van der Waals surface area contributed by atoms with E-state index in [2.05, 4.69) is 6.92 Å². The van der Waals surface area contributed by atoms with Gasteiger partial charge in [0.15, 0.2) is 0 Å². The number of rotatable bonds is 2. The molecule has 0 radical (unpaired) electrons. The minimum atomic E-state index is -0.0750. The van der Waals surface area contributed by atoms with Gasteiger partial charge in [-0.15, -0.1) is 0 Å². The van der Waals surface area contributed by atoms with E-state index in [9.17, 15) is 4.79 Å². The predicted octanol–water partition coefficient (Wildman–Crippen LogP) is 3.40. The van der Waals surface area contributed by atoms with Gasteiger partial charge in [-0.2, -0.15) is 0 Å². The van der Waals surface area contributed by atoms with Crippen molar-refractivity contribution in [2.24, 2.45) is 29.1 Å². The fourth-order valence-electron chi connectivity index (χ4n) is 5.10. The average molecular weight is 236 g/mol. The maximum Gasteiger partial charge on any atom is 0.312 e. The van der Waals surface area contributed by atoms with E-state index in [4.69, 9.17) is 4.74 Å². The Balaban J connectivity index is 1.84. The summed E-state index contributed by atoms with van der Waals surface area (Å²) in [5, 5.41) is 0. The van der Waals surface area contributed by atoms with E-state index in [0.29, 0.717) is 6.61 Å². The summed E-state index contributed by atoms with van der Waals surface area (Å²) in [7, 11) is 0. The molecule has 0 saturated heterocycles. The highest BCUT2D eigenvalue weighted by Crippen LogP contribution is 2.61. The molecule has 17 heavy (non-hydrogen) atoms. The Bertz CT molecular complexity index is 321. The lowest BCUT2D eigenvalue weighted by molar-refractivity contribution is -0.158. The normalized spacial score (nSPS) is 47.9. The lowest BCUT2D eigenvalue weighted by atomic mass is 9.69. The predicted molar refractivity (Wildman–Crippen MR) is 66.4 cm³/mol. The summed E-state index contributed by atoms with van der Waals surface area (Å²) < 4.78 is 5.36. The third-order valence-corrected chi connectivity index (χ3v) is 5.44. The number of hydrogen-bond donors (Lipinski definition) is 0. The van der Waals surface area contributed by atoms with Gasteiger partial charge < -0.3 is 4.74 Å². The molecule has 0 heterocycles. The zero-order chi connectivity index (χ0) is 12.0. The van der Waals surface area contributed by atoms with Gasteiger partial charge in [-0.1, -0.05) is 6.92 Å². The molecule has 3 saturated carbocycles. The second kappa shape index (κ2) is 4.00. The fourth-order valence-corrected chi connectivity index (χ4v) is 5.10. The third kappa shape index (κ3) is 1.80. The van der Waals surface area contributed by atoms with Crippen molar-refractivity contribution in [1.29, 1.82) is 0 Å². The summed E-state index contributed by atoms with van der Waals surface area (Å²) >= 11 is 0. The second-order valence-corrected chi connectivity index (χ2v) is 6.81. The molecule has 0 aromatic carbocycles. The molecule has 3 fully saturated rings. The van der Waals surface area contributed by atoms with Crippen LogP contribution >= 0.6 is 0 Å². The van der Waals surface area contributed by atoms with Gasteiger partial charge in [0.05, 0.1) is 12.0 Å². The molecular weight excluding hydrogens is 212 g/mol. The molecule has 3 aliphatic rings. The van der Waals surface area contributed by atoms with E-state index in [1.165, 1.54) is 19.3 Å². The number of carbonyl (C=O) groups excluding carboxylic acids is 1. The smallest absolute Gasteiger partial charge is 0.312 e. The molecule has 5 unspecified atom stereocenters. The molecule has 3 bridgehead atoms. The van der Waals surface area contributed by atoms with Crippen molar-refractivity contribution in [3.63, 3.8) is 0 Å². The standard InChI is InChI=1S/C15H24O2/c1-3-17-14(16)15-7-11-4-10(2)5-12(8-15)13(6-11)9-15/h10-13H,3-9H2,1-2H3. The minimum Gasteiger partial charge on any atom is -0.466 e.